The van der Waals surface area contributed by atoms with Crippen LogP contribution in [-0.2, 0) is 0 Å². The molecule has 0 unspecified atom stereocenters. The van der Waals surface area contributed by atoms with Crippen molar-refractivity contribution in [3.05, 3.63) is 72.9 Å². The van der Waals surface area contributed by atoms with Gasteiger partial charge < -0.3 is 0 Å². The largest absolute Gasteiger partial charge is 0.0998 e. The number of hydrogen-bond acceptors (Lipinski definition) is 0. The highest BCUT2D eigenvalue weighted by Gasteiger charge is 2.27. The summed E-state index contributed by atoms with van der Waals surface area (Å²) in [6, 6.07) is 0. The molecule has 0 nitrogen and oxygen atoms in total. The van der Waals surface area contributed by atoms with Gasteiger partial charge in [0, 0.05) is 0 Å². The van der Waals surface area contributed by atoms with Gasteiger partial charge >= 0.3 is 0 Å². The van der Waals surface area contributed by atoms with E-state index in [-0.39, 0.29) is 0 Å². The molecular formula is C48H86. The molecule has 0 radical (unpaired) electrons. The lowest BCUT2D eigenvalue weighted by atomic mass is 9.73. The second-order valence-electron chi connectivity index (χ2n) is 18.8. The first-order valence-corrected chi connectivity index (χ1v) is 20.1. The first-order valence-electron chi connectivity index (χ1n) is 20.1. The predicted octanol–water partition coefficient (Wildman–Crippen LogP) is 16.2. The van der Waals surface area contributed by atoms with Gasteiger partial charge in [-0.1, -0.05) is 162 Å². The summed E-state index contributed by atoms with van der Waals surface area (Å²) in [5.74, 6) is 5.24. The highest BCUT2D eigenvalue weighted by molar-refractivity contribution is 5.15. The molecule has 0 fully saturated rings. The van der Waals surface area contributed by atoms with E-state index in [1.807, 2.05) is 0 Å². The fourth-order valence-electron chi connectivity index (χ4n) is 8.26. The number of rotatable bonds is 27. The van der Waals surface area contributed by atoms with Gasteiger partial charge in [-0.25, -0.2) is 0 Å². The second-order valence-corrected chi connectivity index (χ2v) is 18.8. The molecule has 0 amide bonds. The lowest BCUT2D eigenvalue weighted by Crippen LogP contribution is -2.20. The first kappa shape index (κ1) is 46.4. The van der Waals surface area contributed by atoms with Crippen LogP contribution in [-0.4, -0.2) is 0 Å². The van der Waals surface area contributed by atoms with Gasteiger partial charge in [0.05, 0.1) is 0 Å². The Bertz CT molecular complexity index is 1000. The van der Waals surface area contributed by atoms with Crippen LogP contribution >= 0.6 is 0 Å². The van der Waals surface area contributed by atoms with E-state index in [2.05, 4.69) is 110 Å². The molecule has 0 saturated heterocycles. The zero-order valence-electron chi connectivity index (χ0n) is 35.1. The summed E-state index contributed by atoms with van der Waals surface area (Å²) < 4.78 is 0. The number of allylic oxidation sites excluding steroid dienone is 6. The molecule has 0 heteroatoms. The minimum absolute atomic E-state index is 0.304. The monoisotopic (exact) mass is 663 g/mol. The molecule has 6 atom stereocenters. The molecule has 0 aromatic heterocycles. The molecule has 0 aromatic rings. The zero-order valence-corrected chi connectivity index (χ0v) is 35.1. The smallest absolute Gasteiger partial charge is 0.0148 e. The van der Waals surface area contributed by atoms with Crippen molar-refractivity contribution in [2.45, 2.75) is 173 Å². The molecule has 0 N–H and O–H groups in total. The molecule has 0 rings (SSSR count). The summed E-state index contributed by atoms with van der Waals surface area (Å²) in [5, 5.41) is 0. The van der Waals surface area contributed by atoms with Gasteiger partial charge in [-0.3, -0.25) is 0 Å². The normalized spacial score (nSPS) is 16.0. The Kier molecular flexibility index (Phi) is 22.3. The van der Waals surface area contributed by atoms with Crippen LogP contribution in [0.4, 0.5) is 0 Å². The Hall–Kier alpha value is -1.56. The average molecular weight is 663 g/mol. The van der Waals surface area contributed by atoms with Crippen LogP contribution in [0.1, 0.15) is 173 Å². The minimum Gasteiger partial charge on any atom is -0.0998 e. The Morgan fingerprint density at radius 1 is 0.583 bits per heavy atom. The van der Waals surface area contributed by atoms with E-state index in [0.29, 0.717) is 58.7 Å². The average Bonchev–Trinajstić information content (AvgIpc) is 2.93. The van der Waals surface area contributed by atoms with Crippen LogP contribution in [0.2, 0.25) is 0 Å². The maximum Gasteiger partial charge on any atom is -0.0148 e. The van der Waals surface area contributed by atoms with Gasteiger partial charge in [0.25, 0.3) is 0 Å². The molecule has 278 valence electrons. The Labute approximate surface area is 304 Å². The molecule has 0 spiro atoms. The van der Waals surface area contributed by atoms with Crippen molar-refractivity contribution in [2.24, 2.45) is 58.7 Å². The minimum atomic E-state index is 0.304. The predicted molar refractivity (Wildman–Crippen MR) is 222 cm³/mol. The van der Waals surface area contributed by atoms with Gasteiger partial charge in [0.2, 0.25) is 0 Å². The molecule has 0 aliphatic carbocycles. The summed E-state index contributed by atoms with van der Waals surface area (Å²) >= 11 is 0. The summed E-state index contributed by atoms with van der Waals surface area (Å²) in [5.41, 5.74) is 8.68. The maximum absolute atomic E-state index is 4.82. The molecule has 0 aliphatic rings. The van der Waals surface area contributed by atoms with Gasteiger partial charge in [0.1, 0.15) is 0 Å². The third-order valence-corrected chi connectivity index (χ3v) is 10.9. The van der Waals surface area contributed by atoms with E-state index in [9.17, 15) is 0 Å². The lowest BCUT2D eigenvalue weighted by Gasteiger charge is -2.32. The fourth-order valence-corrected chi connectivity index (χ4v) is 8.26. The van der Waals surface area contributed by atoms with Crippen LogP contribution in [0.15, 0.2) is 72.9 Å². The highest BCUT2D eigenvalue weighted by Crippen LogP contribution is 2.40. The van der Waals surface area contributed by atoms with Crippen molar-refractivity contribution in [2.75, 3.05) is 0 Å². The topological polar surface area (TPSA) is 0 Å². The van der Waals surface area contributed by atoms with Crippen molar-refractivity contribution in [1.29, 1.82) is 0 Å². The summed E-state index contributed by atoms with van der Waals surface area (Å²) in [6.45, 7) is 58.0. The van der Waals surface area contributed by atoms with E-state index < -0.39 is 0 Å². The number of hydrogen-bond donors (Lipinski definition) is 0. The van der Waals surface area contributed by atoms with Crippen molar-refractivity contribution in [3.63, 3.8) is 0 Å². The third kappa shape index (κ3) is 19.6. The van der Waals surface area contributed by atoms with E-state index in [1.165, 1.54) is 65.5 Å². The Morgan fingerprint density at radius 3 is 1.56 bits per heavy atom. The van der Waals surface area contributed by atoms with Crippen molar-refractivity contribution < 1.29 is 0 Å². The SMILES string of the molecule is C=C(C[C@H](C(=C)C)C(C)C)C[C@H](C)[C@@H](CC(=C)[C@H](CCC)CC(=C)[C@@H](CC(=C)[C@@H](CC)CCC(=C)CC(C)(C)C)CC(C)C)CC(C)C. The van der Waals surface area contributed by atoms with Crippen molar-refractivity contribution in [1.82, 2.24) is 0 Å². The highest BCUT2D eigenvalue weighted by atomic mass is 14.3. The van der Waals surface area contributed by atoms with Gasteiger partial charge in [0.15, 0.2) is 0 Å². The van der Waals surface area contributed by atoms with Crippen molar-refractivity contribution >= 4 is 0 Å². The second kappa shape index (κ2) is 23.0. The van der Waals surface area contributed by atoms with Crippen molar-refractivity contribution in [3.8, 4) is 0 Å². The van der Waals surface area contributed by atoms with Gasteiger partial charge in [-0.2, -0.15) is 0 Å². The van der Waals surface area contributed by atoms with E-state index in [4.69, 9.17) is 19.7 Å². The van der Waals surface area contributed by atoms with E-state index >= 15 is 0 Å². The zero-order chi connectivity index (χ0) is 37.4. The van der Waals surface area contributed by atoms with Crippen LogP contribution < -0.4 is 0 Å². The van der Waals surface area contributed by atoms with E-state index in [1.54, 1.807) is 0 Å². The van der Waals surface area contributed by atoms with Gasteiger partial charge in [-0.05, 0) is 143 Å². The molecule has 0 aromatic carbocycles. The van der Waals surface area contributed by atoms with Crippen LogP contribution in [0.3, 0.4) is 0 Å². The third-order valence-electron chi connectivity index (χ3n) is 10.9. The van der Waals surface area contributed by atoms with Gasteiger partial charge in [-0.15, -0.1) is 0 Å². The van der Waals surface area contributed by atoms with Crippen LogP contribution in [0, 0.1) is 58.7 Å². The van der Waals surface area contributed by atoms with E-state index in [0.717, 1.165) is 51.4 Å². The first-order chi connectivity index (χ1) is 22.1. The lowest BCUT2D eigenvalue weighted by molar-refractivity contribution is 0.281. The Morgan fingerprint density at radius 2 is 1.10 bits per heavy atom. The summed E-state index contributed by atoms with van der Waals surface area (Å²) in [4.78, 5) is 0. The molecular weight excluding hydrogens is 577 g/mol. The quantitative estimate of drug-likeness (QED) is 0.0768. The summed E-state index contributed by atoms with van der Waals surface area (Å²) in [7, 11) is 0. The molecule has 48 heavy (non-hydrogen) atoms. The van der Waals surface area contributed by atoms with Crippen LogP contribution in [0.25, 0.3) is 0 Å². The molecule has 0 heterocycles. The maximum atomic E-state index is 4.82. The Balaban J connectivity index is 5.75. The molecule has 0 saturated carbocycles. The summed E-state index contributed by atoms with van der Waals surface area (Å²) in [6.07, 6.45) is 14.8. The molecule has 0 bridgehead atoms. The molecule has 0 aliphatic heterocycles. The fraction of sp³-hybridized carbons (Fsp3) is 0.750. The van der Waals surface area contributed by atoms with Crippen LogP contribution in [0.5, 0.6) is 0 Å². The standard InChI is InChI=1S/C48H86/c1-20-22-44(41(15)31-45(25-33(3)4)39(13)27-38(12)28-47(35(7)8)36(9)10)29-42(16)46(26-34(5)6)30-40(14)43(21-2)24-23-37(11)32-48(17,18)19/h33-34,36,39,43-47H,7,11-12,14-16,20-32H2,1-6,8-10,13,17-19H3/t39-,43-,44+,45+,46+,47+/m0/s1.